The lowest BCUT2D eigenvalue weighted by Crippen LogP contribution is -2.31. The molecule has 7 nitrogen and oxygen atoms in total. The second-order valence-electron chi connectivity index (χ2n) is 6.94. The largest absolute Gasteiger partial charge is 0.416 e. The van der Waals surface area contributed by atoms with Gasteiger partial charge < -0.3 is 26.6 Å². The van der Waals surface area contributed by atoms with Crippen LogP contribution in [0.1, 0.15) is 16.8 Å². The number of amides is 1. The quantitative estimate of drug-likeness (QED) is 0.401. The fourth-order valence-corrected chi connectivity index (χ4v) is 3.98. The predicted molar refractivity (Wildman–Crippen MR) is 115 cm³/mol. The lowest BCUT2D eigenvalue weighted by Gasteiger charge is -2.13. The molecule has 32 heavy (non-hydrogen) atoms. The van der Waals surface area contributed by atoms with Gasteiger partial charge in [0.2, 0.25) is 0 Å². The molecule has 0 unspecified atom stereocenters. The van der Waals surface area contributed by atoms with Crippen LogP contribution in [-0.4, -0.2) is 28.8 Å². The summed E-state index contributed by atoms with van der Waals surface area (Å²) in [5, 5.41) is 13.3. The Bertz CT molecular complexity index is 1070. The van der Waals surface area contributed by atoms with E-state index in [4.69, 9.17) is 16.2 Å². The summed E-state index contributed by atoms with van der Waals surface area (Å²) in [6.45, 7) is 0.0235. The highest BCUT2D eigenvalue weighted by molar-refractivity contribution is 7.19. The lowest BCUT2D eigenvalue weighted by molar-refractivity contribution is -0.137. The van der Waals surface area contributed by atoms with E-state index in [-0.39, 0.29) is 18.4 Å². The number of thiazole rings is 1. The van der Waals surface area contributed by atoms with Gasteiger partial charge in [0.25, 0.3) is 0 Å². The van der Waals surface area contributed by atoms with Crippen LogP contribution in [-0.2, 0) is 19.2 Å². The lowest BCUT2D eigenvalue weighted by atomic mass is 10.0. The molecule has 11 heteroatoms. The Kier molecular flexibility index (Phi) is 7.33. The number of nitrogens with two attached hydrogens (primary N) is 2. The third kappa shape index (κ3) is 6.19. The summed E-state index contributed by atoms with van der Waals surface area (Å²) in [6, 6.07) is 11.2. The molecule has 3 rings (SSSR count). The number of carbonyl (C=O) groups is 1. The predicted octanol–water partition coefficient (Wildman–Crippen LogP) is 3.76. The minimum Gasteiger partial charge on any atom is -0.410 e. The SMILES string of the molecule is NC(=O)Oc1cccc(-c2sc(NC[C@@H](N)Cc3ccc(C(F)(F)F)cc3)nc2CO)c1. The van der Waals surface area contributed by atoms with Crippen molar-refractivity contribution in [3.63, 3.8) is 0 Å². The normalized spacial score (nSPS) is 12.4. The average molecular weight is 466 g/mol. The number of hydrogen-bond donors (Lipinski definition) is 4. The molecular formula is C21H21F3N4O3S. The molecule has 0 saturated heterocycles. The van der Waals surface area contributed by atoms with Gasteiger partial charge in [-0.2, -0.15) is 13.2 Å². The van der Waals surface area contributed by atoms with Crippen LogP contribution in [0.15, 0.2) is 48.5 Å². The number of ether oxygens (including phenoxy) is 1. The minimum atomic E-state index is -4.37. The van der Waals surface area contributed by atoms with Crippen LogP contribution in [0.2, 0.25) is 0 Å². The number of aliphatic hydroxyl groups is 1. The van der Waals surface area contributed by atoms with E-state index in [9.17, 15) is 23.1 Å². The third-order valence-electron chi connectivity index (χ3n) is 4.46. The summed E-state index contributed by atoms with van der Waals surface area (Å²) in [5.74, 6) is 0.264. The number of primary amides is 1. The standard InChI is InChI=1S/C21H21F3N4O3S/c22-21(23,24)14-6-4-12(5-7-14)8-15(25)10-27-20-28-17(11-29)18(32-20)13-2-1-3-16(9-13)31-19(26)30/h1-7,9,15,29H,8,10-11,25H2,(H2,26,30)(H,27,28)/t15-/m0/s1. The molecule has 0 aliphatic carbocycles. The van der Waals surface area contributed by atoms with Crippen LogP contribution >= 0.6 is 11.3 Å². The molecule has 2 aromatic carbocycles. The average Bonchev–Trinajstić information content (AvgIpc) is 3.15. The van der Waals surface area contributed by atoms with E-state index in [1.165, 1.54) is 23.5 Å². The Morgan fingerprint density at radius 1 is 1.22 bits per heavy atom. The van der Waals surface area contributed by atoms with Crippen LogP contribution in [0.5, 0.6) is 5.75 Å². The molecule has 1 heterocycles. The van der Waals surface area contributed by atoms with Crippen molar-refractivity contribution in [3.8, 4) is 16.2 Å². The van der Waals surface area contributed by atoms with Gasteiger partial charge in [-0.1, -0.05) is 35.6 Å². The molecule has 3 aromatic rings. The Balaban J connectivity index is 1.65. The van der Waals surface area contributed by atoms with Crippen molar-refractivity contribution in [2.75, 3.05) is 11.9 Å². The van der Waals surface area contributed by atoms with Crippen molar-refractivity contribution in [1.82, 2.24) is 4.98 Å². The first-order chi connectivity index (χ1) is 15.2. The molecule has 170 valence electrons. The van der Waals surface area contributed by atoms with Gasteiger partial charge in [0.05, 0.1) is 22.7 Å². The zero-order valence-corrected chi connectivity index (χ0v) is 17.5. The first-order valence-electron chi connectivity index (χ1n) is 9.49. The van der Waals surface area contributed by atoms with Crippen molar-refractivity contribution >= 4 is 22.6 Å². The number of nitrogens with zero attached hydrogens (tertiary/aromatic N) is 1. The van der Waals surface area contributed by atoms with Gasteiger partial charge in [-0.25, -0.2) is 9.78 Å². The first-order valence-corrected chi connectivity index (χ1v) is 10.3. The molecule has 0 aliphatic rings. The maximum absolute atomic E-state index is 12.7. The Labute approximate surface area is 185 Å². The molecule has 1 aromatic heterocycles. The molecule has 0 spiro atoms. The second kappa shape index (κ2) is 9.98. The molecule has 0 radical (unpaired) electrons. The van der Waals surface area contributed by atoms with Gasteiger partial charge in [-0.15, -0.1) is 0 Å². The number of hydrogen-bond acceptors (Lipinski definition) is 7. The summed E-state index contributed by atoms with van der Waals surface area (Å²) < 4.78 is 42.9. The van der Waals surface area contributed by atoms with Crippen molar-refractivity contribution in [2.45, 2.75) is 25.2 Å². The minimum absolute atomic E-state index is 0.264. The molecule has 0 aliphatic heterocycles. The fourth-order valence-electron chi connectivity index (χ4n) is 3.00. The molecule has 1 atom stereocenters. The van der Waals surface area contributed by atoms with E-state index in [0.717, 1.165) is 12.1 Å². The van der Waals surface area contributed by atoms with Crippen molar-refractivity contribution in [1.29, 1.82) is 0 Å². The molecular weight excluding hydrogens is 445 g/mol. The van der Waals surface area contributed by atoms with Gasteiger partial charge >= 0.3 is 12.3 Å². The van der Waals surface area contributed by atoms with Crippen molar-refractivity contribution in [2.24, 2.45) is 11.5 Å². The number of anilines is 1. The second-order valence-corrected chi connectivity index (χ2v) is 7.94. The zero-order valence-electron chi connectivity index (χ0n) is 16.7. The number of alkyl halides is 3. The number of nitrogens with one attached hydrogen (secondary N) is 1. The number of halogens is 3. The summed E-state index contributed by atoms with van der Waals surface area (Å²) in [7, 11) is 0. The molecule has 1 amide bonds. The summed E-state index contributed by atoms with van der Waals surface area (Å²) in [4.78, 5) is 16.0. The van der Waals surface area contributed by atoms with Crippen molar-refractivity contribution in [3.05, 3.63) is 65.4 Å². The number of carbonyl (C=O) groups excluding carboxylic acids is 1. The summed E-state index contributed by atoms with van der Waals surface area (Å²) in [6.07, 6.45) is -4.93. The zero-order chi connectivity index (χ0) is 23.3. The van der Waals surface area contributed by atoms with Crippen LogP contribution in [0.4, 0.5) is 23.1 Å². The van der Waals surface area contributed by atoms with E-state index in [1.807, 2.05) is 0 Å². The summed E-state index contributed by atoms with van der Waals surface area (Å²) in [5.41, 5.74) is 12.3. The van der Waals surface area contributed by atoms with E-state index < -0.39 is 17.8 Å². The maximum Gasteiger partial charge on any atom is 0.416 e. The molecule has 0 bridgehead atoms. The highest BCUT2D eigenvalue weighted by atomic mass is 32.1. The number of aromatic nitrogens is 1. The topological polar surface area (TPSA) is 123 Å². The van der Waals surface area contributed by atoms with Gasteiger partial charge in [0, 0.05) is 12.6 Å². The monoisotopic (exact) mass is 466 g/mol. The molecule has 0 saturated carbocycles. The van der Waals surface area contributed by atoms with Crippen LogP contribution < -0.4 is 21.5 Å². The maximum atomic E-state index is 12.7. The van der Waals surface area contributed by atoms with E-state index in [2.05, 4.69) is 10.3 Å². The van der Waals surface area contributed by atoms with Crippen molar-refractivity contribution < 1.29 is 27.8 Å². The van der Waals surface area contributed by atoms with Crippen LogP contribution in [0, 0.1) is 0 Å². The van der Waals surface area contributed by atoms with Crippen LogP contribution in [0.3, 0.4) is 0 Å². The fraction of sp³-hybridized carbons (Fsp3) is 0.238. The number of aliphatic hydroxyl groups excluding tert-OH is 1. The van der Waals surface area contributed by atoms with E-state index in [0.29, 0.717) is 39.8 Å². The van der Waals surface area contributed by atoms with Crippen LogP contribution in [0.25, 0.3) is 10.4 Å². The summed E-state index contributed by atoms with van der Waals surface area (Å²) >= 11 is 1.28. The van der Waals surface area contributed by atoms with E-state index in [1.54, 1.807) is 24.3 Å². The van der Waals surface area contributed by atoms with Gasteiger partial charge in [0.15, 0.2) is 5.13 Å². The number of benzene rings is 2. The Hall–Kier alpha value is -3.15. The van der Waals surface area contributed by atoms with Gasteiger partial charge in [-0.3, -0.25) is 0 Å². The molecule has 6 N–H and O–H groups in total. The first kappa shape index (κ1) is 23.5. The Morgan fingerprint density at radius 3 is 2.56 bits per heavy atom. The Morgan fingerprint density at radius 2 is 1.94 bits per heavy atom. The molecule has 0 fully saturated rings. The van der Waals surface area contributed by atoms with Gasteiger partial charge in [0.1, 0.15) is 5.75 Å². The highest BCUT2D eigenvalue weighted by Crippen LogP contribution is 2.35. The third-order valence-corrected chi connectivity index (χ3v) is 5.56. The smallest absolute Gasteiger partial charge is 0.410 e. The van der Waals surface area contributed by atoms with E-state index >= 15 is 0 Å². The number of rotatable bonds is 8. The van der Waals surface area contributed by atoms with Gasteiger partial charge in [-0.05, 0) is 41.8 Å². The highest BCUT2D eigenvalue weighted by Gasteiger charge is 2.29.